The van der Waals surface area contributed by atoms with Crippen molar-refractivity contribution in [3.05, 3.63) is 28.2 Å². The minimum absolute atomic E-state index is 0.0702. The maximum Gasteiger partial charge on any atom is 0.317 e. The van der Waals surface area contributed by atoms with Crippen molar-refractivity contribution in [2.24, 2.45) is 23.2 Å². The number of halogens is 2. The highest BCUT2D eigenvalue weighted by atomic mass is 35.5. The van der Waals surface area contributed by atoms with Gasteiger partial charge in [-0.25, -0.2) is 4.79 Å². The highest BCUT2D eigenvalue weighted by Gasteiger charge is 2.53. The molecule has 1 aromatic carbocycles. The van der Waals surface area contributed by atoms with E-state index in [2.05, 4.69) is 17.6 Å². The quantitative estimate of drug-likeness (QED) is 0.668. The monoisotopic (exact) mass is 396 g/mol. The van der Waals surface area contributed by atoms with Crippen molar-refractivity contribution in [2.45, 2.75) is 51.5 Å². The molecule has 0 saturated heterocycles. The molecule has 142 valence electrons. The van der Waals surface area contributed by atoms with Crippen LogP contribution in [0.1, 0.15) is 45.4 Å². The van der Waals surface area contributed by atoms with Gasteiger partial charge in [0.15, 0.2) is 6.73 Å². The minimum Gasteiger partial charge on any atom is -0.472 e. The molecule has 4 saturated carbocycles. The first kappa shape index (κ1) is 18.2. The van der Waals surface area contributed by atoms with E-state index < -0.39 is 0 Å². The van der Waals surface area contributed by atoms with E-state index >= 15 is 0 Å². The van der Waals surface area contributed by atoms with E-state index in [4.69, 9.17) is 27.9 Å². The van der Waals surface area contributed by atoms with Crippen LogP contribution < -0.4 is 15.4 Å². The standard InChI is InChI=1S/C20H26Cl2N2O2/c1-12(20-8-13-4-14(9-20)6-15(5-13)10-20)24-19(25)23-11-26-18-3-2-16(21)7-17(18)22/h2-3,7,12-15H,4-6,8-11H2,1H3,(H2,23,24,25). The number of ether oxygens (including phenoxy) is 1. The maximum absolute atomic E-state index is 12.3. The molecule has 4 nitrogen and oxygen atoms in total. The molecule has 4 bridgehead atoms. The molecular weight excluding hydrogens is 371 g/mol. The van der Waals surface area contributed by atoms with Gasteiger partial charge in [0.2, 0.25) is 0 Å². The summed E-state index contributed by atoms with van der Waals surface area (Å²) in [6.07, 6.45) is 8.06. The Balaban J connectivity index is 1.28. The van der Waals surface area contributed by atoms with E-state index in [0.717, 1.165) is 17.8 Å². The van der Waals surface area contributed by atoms with Gasteiger partial charge in [-0.2, -0.15) is 0 Å². The Morgan fingerprint density at radius 3 is 2.38 bits per heavy atom. The third-order valence-electron chi connectivity index (χ3n) is 6.71. The fourth-order valence-corrected chi connectivity index (χ4v) is 6.34. The molecule has 0 aromatic heterocycles. The number of amides is 2. The Kier molecular flexibility index (Phi) is 5.00. The number of carbonyl (C=O) groups excluding carboxylic acids is 1. The van der Waals surface area contributed by atoms with Crippen molar-refractivity contribution in [3.8, 4) is 5.75 Å². The predicted octanol–water partition coefficient (Wildman–Crippen LogP) is 5.23. The van der Waals surface area contributed by atoms with Crippen molar-refractivity contribution in [2.75, 3.05) is 6.73 Å². The van der Waals surface area contributed by atoms with Gasteiger partial charge < -0.3 is 15.4 Å². The molecule has 1 aromatic rings. The summed E-state index contributed by atoms with van der Waals surface area (Å²) in [5.74, 6) is 3.14. The molecule has 4 fully saturated rings. The molecule has 0 spiro atoms. The second kappa shape index (κ2) is 7.12. The van der Waals surface area contributed by atoms with Crippen LogP contribution in [0.5, 0.6) is 5.75 Å². The smallest absolute Gasteiger partial charge is 0.317 e. The van der Waals surface area contributed by atoms with Gasteiger partial charge in [-0.15, -0.1) is 0 Å². The molecule has 4 aliphatic carbocycles. The van der Waals surface area contributed by atoms with Crippen LogP contribution in [0.2, 0.25) is 10.0 Å². The van der Waals surface area contributed by atoms with Gasteiger partial charge in [0, 0.05) is 11.1 Å². The number of carbonyl (C=O) groups is 1. The molecule has 2 amide bonds. The van der Waals surface area contributed by atoms with Gasteiger partial charge in [0.25, 0.3) is 0 Å². The normalized spacial score (nSPS) is 33.0. The molecule has 4 aliphatic rings. The zero-order valence-electron chi connectivity index (χ0n) is 15.1. The minimum atomic E-state index is -0.182. The summed E-state index contributed by atoms with van der Waals surface area (Å²) in [5.41, 5.74) is 0.298. The Labute approximate surface area is 165 Å². The molecule has 6 heteroatoms. The summed E-state index contributed by atoms with van der Waals surface area (Å²) in [4.78, 5) is 12.3. The SMILES string of the molecule is CC(NC(=O)NCOc1ccc(Cl)cc1Cl)C12CC3CC(CC(C3)C1)C2. The molecule has 0 heterocycles. The number of urea groups is 1. The number of nitrogens with one attached hydrogen (secondary N) is 2. The van der Waals surface area contributed by atoms with Crippen LogP contribution in [-0.2, 0) is 0 Å². The lowest BCUT2D eigenvalue weighted by Gasteiger charge is -2.59. The highest BCUT2D eigenvalue weighted by molar-refractivity contribution is 6.35. The second-order valence-electron chi connectivity index (χ2n) is 8.52. The van der Waals surface area contributed by atoms with E-state index in [1.54, 1.807) is 18.2 Å². The Bertz CT molecular complexity index is 659. The Morgan fingerprint density at radius 2 is 1.81 bits per heavy atom. The lowest BCUT2D eigenvalue weighted by atomic mass is 9.48. The van der Waals surface area contributed by atoms with Crippen LogP contribution >= 0.6 is 23.2 Å². The summed E-state index contributed by atoms with van der Waals surface area (Å²) in [6, 6.07) is 5.03. The first-order valence-corrected chi connectivity index (χ1v) is 10.3. The van der Waals surface area contributed by atoms with Crippen LogP contribution in [0.25, 0.3) is 0 Å². The summed E-state index contributed by atoms with van der Waals surface area (Å²) < 4.78 is 5.53. The first-order valence-electron chi connectivity index (χ1n) is 9.56. The molecule has 1 atom stereocenters. The van der Waals surface area contributed by atoms with Crippen LogP contribution in [-0.4, -0.2) is 18.8 Å². The number of rotatable bonds is 5. The summed E-state index contributed by atoms with van der Waals surface area (Å²) in [5, 5.41) is 6.92. The van der Waals surface area contributed by atoms with Crippen LogP contribution in [0.4, 0.5) is 4.79 Å². The first-order chi connectivity index (χ1) is 12.4. The van der Waals surface area contributed by atoms with Gasteiger partial charge in [0.05, 0.1) is 5.02 Å². The van der Waals surface area contributed by atoms with Crippen LogP contribution in [0.3, 0.4) is 0 Å². The molecule has 0 aliphatic heterocycles. The van der Waals surface area contributed by atoms with Gasteiger partial charge in [-0.05, 0) is 86.8 Å². The lowest BCUT2D eigenvalue weighted by molar-refractivity contribution is -0.0682. The third-order valence-corrected chi connectivity index (χ3v) is 7.24. The van der Waals surface area contributed by atoms with Crippen molar-refractivity contribution in [1.82, 2.24) is 10.6 Å². The average molecular weight is 397 g/mol. The average Bonchev–Trinajstić information content (AvgIpc) is 2.55. The topological polar surface area (TPSA) is 50.4 Å². The van der Waals surface area contributed by atoms with E-state index in [-0.39, 0.29) is 18.8 Å². The summed E-state index contributed by atoms with van der Waals surface area (Å²) in [7, 11) is 0. The Hall–Kier alpha value is -1.13. The van der Waals surface area contributed by atoms with Crippen molar-refractivity contribution in [1.29, 1.82) is 0 Å². The molecule has 1 unspecified atom stereocenters. The Morgan fingerprint density at radius 1 is 1.19 bits per heavy atom. The highest BCUT2D eigenvalue weighted by Crippen LogP contribution is 2.61. The summed E-state index contributed by atoms with van der Waals surface area (Å²) >= 11 is 11.9. The number of benzene rings is 1. The third kappa shape index (κ3) is 3.63. The second-order valence-corrected chi connectivity index (χ2v) is 9.36. The largest absolute Gasteiger partial charge is 0.472 e. The number of hydrogen-bond donors (Lipinski definition) is 2. The zero-order valence-corrected chi connectivity index (χ0v) is 16.6. The van der Waals surface area contributed by atoms with Gasteiger partial charge in [-0.3, -0.25) is 0 Å². The molecular formula is C20H26Cl2N2O2. The fourth-order valence-electron chi connectivity index (χ4n) is 5.88. The maximum atomic E-state index is 12.3. The van der Waals surface area contributed by atoms with Crippen LogP contribution in [0, 0.1) is 23.2 Å². The van der Waals surface area contributed by atoms with E-state index in [1.807, 2.05) is 0 Å². The molecule has 5 rings (SSSR count). The van der Waals surface area contributed by atoms with Crippen LogP contribution in [0.15, 0.2) is 18.2 Å². The lowest BCUT2D eigenvalue weighted by Crippen LogP contribution is -2.57. The van der Waals surface area contributed by atoms with Crippen molar-refractivity contribution >= 4 is 29.2 Å². The van der Waals surface area contributed by atoms with E-state index in [9.17, 15) is 4.79 Å². The van der Waals surface area contributed by atoms with Crippen molar-refractivity contribution in [3.63, 3.8) is 0 Å². The predicted molar refractivity (Wildman–Crippen MR) is 104 cm³/mol. The van der Waals surface area contributed by atoms with Crippen molar-refractivity contribution < 1.29 is 9.53 Å². The van der Waals surface area contributed by atoms with Gasteiger partial charge >= 0.3 is 6.03 Å². The zero-order chi connectivity index (χ0) is 18.3. The van der Waals surface area contributed by atoms with E-state index in [1.165, 1.54) is 38.5 Å². The van der Waals surface area contributed by atoms with Gasteiger partial charge in [0.1, 0.15) is 5.75 Å². The summed E-state index contributed by atoms with van der Waals surface area (Å²) in [6.45, 7) is 2.24. The van der Waals surface area contributed by atoms with Gasteiger partial charge in [-0.1, -0.05) is 23.2 Å². The molecule has 26 heavy (non-hydrogen) atoms. The molecule has 0 radical (unpaired) electrons. The van der Waals surface area contributed by atoms with E-state index in [0.29, 0.717) is 21.2 Å². The molecule has 2 N–H and O–H groups in total. The fraction of sp³-hybridized carbons (Fsp3) is 0.650. The number of hydrogen-bond acceptors (Lipinski definition) is 2.